The highest BCUT2D eigenvalue weighted by atomic mass is 35.5. The van der Waals surface area contributed by atoms with Crippen LogP contribution in [0.25, 0.3) is 0 Å². The van der Waals surface area contributed by atoms with Gasteiger partial charge in [-0.1, -0.05) is 6.42 Å². The summed E-state index contributed by atoms with van der Waals surface area (Å²) in [5.74, 6) is 3.42. The van der Waals surface area contributed by atoms with E-state index in [-0.39, 0.29) is 12.4 Å². The minimum atomic E-state index is 0. The van der Waals surface area contributed by atoms with E-state index in [1.807, 2.05) is 0 Å². The highest BCUT2D eigenvalue weighted by molar-refractivity contribution is 5.85. The molecule has 5 atom stereocenters. The van der Waals surface area contributed by atoms with Crippen LogP contribution in [-0.4, -0.2) is 25.0 Å². The summed E-state index contributed by atoms with van der Waals surface area (Å²) in [5, 5.41) is 6.69. The molecule has 1 heterocycles. The van der Waals surface area contributed by atoms with Crippen molar-refractivity contribution in [2.45, 2.75) is 57.9 Å². The molecule has 1 aliphatic heterocycles. The van der Waals surface area contributed by atoms with Gasteiger partial charge in [-0.05, 0) is 75.8 Å². The number of hydrogen-bond donors (Lipinski definition) is 2. The van der Waals surface area contributed by atoms with Gasteiger partial charge in [0.2, 0.25) is 5.91 Å². The highest BCUT2D eigenvalue weighted by Gasteiger charge is 2.40. The number of halogens is 1. The molecule has 0 aromatic carbocycles. The summed E-state index contributed by atoms with van der Waals surface area (Å²) in [7, 11) is 0. The number of piperidine rings is 1. The Balaban J connectivity index is 0.00000147. The van der Waals surface area contributed by atoms with E-state index >= 15 is 0 Å². The number of nitrogens with one attached hydrogen (secondary N) is 2. The van der Waals surface area contributed by atoms with Gasteiger partial charge in [0.05, 0.1) is 0 Å². The van der Waals surface area contributed by atoms with E-state index in [2.05, 4.69) is 17.6 Å². The van der Waals surface area contributed by atoms with E-state index < -0.39 is 0 Å². The molecule has 1 saturated heterocycles. The smallest absolute Gasteiger partial charge is 0.220 e. The Hall–Kier alpha value is -0.280. The van der Waals surface area contributed by atoms with Crippen LogP contribution in [-0.2, 0) is 4.79 Å². The van der Waals surface area contributed by atoms with E-state index in [1.54, 1.807) is 0 Å². The van der Waals surface area contributed by atoms with Crippen molar-refractivity contribution in [3.05, 3.63) is 0 Å². The van der Waals surface area contributed by atoms with Crippen LogP contribution in [0.15, 0.2) is 0 Å². The van der Waals surface area contributed by atoms with Gasteiger partial charge in [0.25, 0.3) is 0 Å². The minimum absolute atomic E-state index is 0. The summed E-state index contributed by atoms with van der Waals surface area (Å²) in [4.78, 5) is 12.2. The van der Waals surface area contributed by atoms with Gasteiger partial charge in [-0.2, -0.15) is 0 Å². The first-order valence-electron chi connectivity index (χ1n) is 8.22. The number of carbonyl (C=O) groups is 1. The SMILES string of the molecule is CC(NC(=O)CC1CC2CCC1C2)C1CCCNC1.Cl. The average Bonchev–Trinajstić information content (AvgIpc) is 3.02. The normalized spacial score (nSPS) is 37.2. The largest absolute Gasteiger partial charge is 0.353 e. The lowest BCUT2D eigenvalue weighted by atomic mass is 9.86. The summed E-state index contributed by atoms with van der Waals surface area (Å²) in [5.41, 5.74) is 0. The first-order valence-corrected chi connectivity index (χ1v) is 8.22. The highest BCUT2D eigenvalue weighted by Crippen LogP contribution is 2.49. The van der Waals surface area contributed by atoms with E-state index in [0.29, 0.717) is 23.8 Å². The third-order valence-corrected chi connectivity index (χ3v) is 5.76. The Morgan fingerprint density at radius 2 is 2.15 bits per heavy atom. The second kappa shape index (κ2) is 7.13. The summed E-state index contributed by atoms with van der Waals surface area (Å²) in [6.07, 6.45) is 8.81. The minimum Gasteiger partial charge on any atom is -0.353 e. The maximum Gasteiger partial charge on any atom is 0.220 e. The Kier molecular flexibility index (Phi) is 5.74. The topological polar surface area (TPSA) is 41.1 Å². The molecule has 116 valence electrons. The van der Waals surface area contributed by atoms with Crippen LogP contribution in [0.1, 0.15) is 51.9 Å². The molecule has 2 N–H and O–H groups in total. The fraction of sp³-hybridized carbons (Fsp3) is 0.938. The molecule has 20 heavy (non-hydrogen) atoms. The molecule has 3 nitrogen and oxygen atoms in total. The van der Waals surface area contributed by atoms with Gasteiger partial charge in [0, 0.05) is 12.5 Å². The van der Waals surface area contributed by atoms with Gasteiger partial charge < -0.3 is 10.6 Å². The molecule has 3 aliphatic rings. The summed E-state index contributed by atoms with van der Waals surface area (Å²) in [6, 6.07) is 0.332. The lowest BCUT2D eigenvalue weighted by Crippen LogP contribution is -2.45. The van der Waals surface area contributed by atoms with Crippen LogP contribution >= 0.6 is 12.4 Å². The molecular formula is C16H29ClN2O. The van der Waals surface area contributed by atoms with Crippen molar-refractivity contribution in [2.24, 2.45) is 23.7 Å². The van der Waals surface area contributed by atoms with Crippen LogP contribution < -0.4 is 10.6 Å². The van der Waals surface area contributed by atoms with Crippen molar-refractivity contribution in [3.8, 4) is 0 Å². The Labute approximate surface area is 129 Å². The molecule has 0 spiro atoms. The molecule has 2 aliphatic carbocycles. The van der Waals surface area contributed by atoms with Crippen LogP contribution in [0, 0.1) is 23.7 Å². The number of rotatable bonds is 4. The quantitative estimate of drug-likeness (QED) is 0.838. The molecule has 2 bridgehead atoms. The maximum absolute atomic E-state index is 12.2. The van der Waals surface area contributed by atoms with Gasteiger partial charge in [0.1, 0.15) is 0 Å². The molecule has 0 aromatic rings. The van der Waals surface area contributed by atoms with E-state index in [9.17, 15) is 4.79 Å². The van der Waals surface area contributed by atoms with Crippen LogP contribution in [0.5, 0.6) is 0 Å². The predicted octanol–water partition coefficient (Wildman–Crippen LogP) is 2.74. The molecule has 3 fully saturated rings. The van der Waals surface area contributed by atoms with Crippen molar-refractivity contribution < 1.29 is 4.79 Å². The molecule has 5 unspecified atom stereocenters. The second-order valence-corrected chi connectivity index (χ2v) is 7.10. The van der Waals surface area contributed by atoms with Crippen molar-refractivity contribution in [2.75, 3.05) is 13.1 Å². The molecular weight excluding hydrogens is 272 g/mol. The zero-order valence-electron chi connectivity index (χ0n) is 12.6. The van der Waals surface area contributed by atoms with Crippen molar-refractivity contribution in [1.29, 1.82) is 0 Å². The lowest BCUT2D eigenvalue weighted by molar-refractivity contribution is -0.123. The fourth-order valence-electron chi connectivity index (χ4n) is 4.60. The second-order valence-electron chi connectivity index (χ2n) is 7.10. The monoisotopic (exact) mass is 300 g/mol. The standard InChI is InChI=1S/C16H28N2O.ClH/c1-11(14-3-2-6-17-10-14)18-16(19)9-15-8-12-4-5-13(15)7-12;/h11-15,17H,2-10H2,1H3,(H,18,19);1H. The molecule has 2 saturated carbocycles. The van der Waals surface area contributed by atoms with Crippen LogP contribution in [0.3, 0.4) is 0 Å². The zero-order valence-corrected chi connectivity index (χ0v) is 13.4. The van der Waals surface area contributed by atoms with Crippen LogP contribution in [0.4, 0.5) is 0 Å². The Morgan fingerprint density at radius 1 is 1.30 bits per heavy atom. The van der Waals surface area contributed by atoms with Crippen molar-refractivity contribution >= 4 is 18.3 Å². The van der Waals surface area contributed by atoms with Gasteiger partial charge >= 0.3 is 0 Å². The summed E-state index contributed by atoms with van der Waals surface area (Å²) >= 11 is 0. The lowest BCUT2D eigenvalue weighted by Gasteiger charge is -2.29. The third-order valence-electron chi connectivity index (χ3n) is 5.76. The summed E-state index contributed by atoms with van der Waals surface area (Å²) < 4.78 is 0. The zero-order chi connectivity index (χ0) is 13.2. The average molecular weight is 301 g/mol. The van der Waals surface area contributed by atoms with E-state index in [4.69, 9.17) is 0 Å². The Morgan fingerprint density at radius 3 is 2.75 bits per heavy atom. The molecule has 3 rings (SSSR count). The number of carbonyl (C=O) groups excluding carboxylic acids is 1. The van der Waals surface area contributed by atoms with Gasteiger partial charge in [-0.15, -0.1) is 12.4 Å². The number of fused-ring (bicyclic) bond motifs is 2. The number of hydrogen-bond acceptors (Lipinski definition) is 2. The van der Waals surface area contributed by atoms with Gasteiger partial charge in [-0.3, -0.25) is 4.79 Å². The maximum atomic E-state index is 12.2. The van der Waals surface area contributed by atoms with Gasteiger partial charge in [-0.25, -0.2) is 0 Å². The molecule has 4 heteroatoms. The summed E-state index contributed by atoms with van der Waals surface area (Å²) in [6.45, 7) is 4.38. The molecule has 0 radical (unpaired) electrons. The first kappa shape index (κ1) is 16.1. The first-order chi connectivity index (χ1) is 9.22. The van der Waals surface area contributed by atoms with E-state index in [0.717, 1.165) is 31.3 Å². The van der Waals surface area contributed by atoms with Crippen molar-refractivity contribution in [1.82, 2.24) is 10.6 Å². The predicted molar refractivity (Wildman–Crippen MR) is 84.0 cm³/mol. The van der Waals surface area contributed by atoms with Crippen molar-refractivity contribution in [3.63, 3.8) is 0 Å². The van der Waals surface area contributed by atoms with Gasteiger partial charge in [0.15, 0.2) is 0 Å². The Bertz CT molecular complexity index is 330. The fourth-order valence-corrected chi connectivity index (χ4v) is 4.60. The van der Waals surface area contributed by atoms with E-state index in [1.165, 1.54) is 38.5 Å². The third kappa shape index (κ3) is 3.67. The molecule has 1 amide bonds. The molecule has 0 aromatic heterocycles. The van der Waals surface area contributed by atoms with Crippen LogP contribution in [0.2, 0.25) is 0 Å². The number of amides is 1.